The molecule has 0 aromatic heterocycles. The molecule has 0 spiro atoms. The first-order chi connectivity index (χ1) is 21.6. The van der Waals surface area contributed by atoms with Crippen molar-refractivity contribution < 1.29 is 23.9 Å². The predicted molar refractivity (Wildman–Crippen MR) is 183 cm³/mol. The van der Waals surface area contributed by atoms with Crippen molar-refractivity contribution in [1.29, 1.82) is 0 Å². The maximum atomic E-state index is 13.5. The zero-order valence-electron chi connectivity index (χ0n) is 28.0. The van der Waals surface area contributed by atoms with Crippen LogP contribution in [-0.2, 0) is 32.0 Å². The van der Waals surface area contributed by atoms with E-state index < -0.39 is 23.3 Å². The number of nitrogens with one attached hydrogen (secondary N) is 2. The Hall–Kier alpha value is -2.85. The highest BCUT2D eigenvalue weighted by Crippen LogP contribution is 2.23. The third kappa shape index (κ3) is 13.1. The van der Waals surface area contributed by atoms with Gasteiger partial charge < -0.3 is 25.0 Å². The van der Waals surface area contributed by atoms with Crippen LogP contribution in [0.1, 0.15) is 71.9 Å². The Bertz CT molecular complexity index is 1280. The van der Waals surface area contributed by atoms with Crippen LogP contribution in [0.5, 0.6) is 0 Å². The van der Waals surface area contributed by atoms with E-state index in [4.69, 9.17) is 32.7 Å². The largest absolute Gasteiger partial charge is 0.444 e. The van der Waals surface area contributed by atoms with Crippen molar-refractivity contribution in [3.8, 4) is 0 Å². The Labute approximate surface area is 284 Å². The molecule has 0 bridgehead atoms. The van der Waals surface area contributed by atoms with E-state index in [0.717, 1.165) is 37.8 Å². The Morgan fingerprint density at radius 2 is 1.72 bits per heavy atom. The summed E-state index contributed by atoms with van der Waals surface area (Å²) in [5.41, 5.74) is 0.960. The van der Waals surface area contributed by atoms with E-state index in [0.29, 0.717) is 29.6 Å². The number of alkyl carbamates (subject to hydrolysis) is 1. The average molecular weight is 678 g/mol. The number of ether oxygens (including phenoxy) is 2. The standard InChI is InChI=1S/C35H50Cl2N4O5/c1-34(2,3)45-23-31(32(43)38-21-26-13-15-29(36)30(37)20-26)41(24-42)19-17-28(14-12-25-10-8-7-9-11-25)40-18-16-27(22-40)39-33(44)46-35(4,5)6/h7-11,13,15,20,24,27-28,31H,12,14,16-19,21-23H2,1-6H3,(H,38,43)(H,39,44)/t27-,28?,31-/m1/s1. The van der Waals surface area contributed by atoms with E-state index >= 15 is 0 Å². The van der Waals surface area contributed by atoms with Crippen molar-refractivity contribution in [2.75, 3.05) is 26.2 Å². The maximum absolute atomic E-state index is 13.5. The van der Waals surface area contributed by atoms with Gasteiger partial charge in [-0.15, -0.1) is 0 Å². The Morgan fingerprint density at radius 3 is 2.35 bits per heavy atom. The van der Waals surface area contributed by atoms with Crippen molar-refractivity contribution >= 4 is 41.6 Å². The van der Waals surface area contributed by atoms with Crippen LogP contribution in [0, 0.1) is 0 Å². The lowest BCUT2D eigenvalue weighted by molar-refractivity contribution is -0.138. The van der Waals surface area contributed by atoms with Gasteiger partial charge in [-0.1, -0.05) is 59.6 Å². The lowest BCUT2D eigenvalue weighted by Gasteiger charge is -2.33. The average Bonchev–Trinajstić information content (AvgIpc) is 3.43. The molecule has 254 valence electrons. The van der Waals surface area contributed by atoms with E-state index in [2.05, 4.69) is 27.7 Å². The molecule has 0 aliphatic carbocycles. The summed E-state index contributed by atoms with van der Waals surface area (Å²) in [5.74, 6) is -0.314. The minimum absolute atomic E-state index is 0.0312. The fourth-order valence-electron chi connectivity index (χ4n) is 5.39. The number of carbonyl (C=O) groups is 3. The van der Waals surface area contributed by atoms with Crippen molar-refractivity contribution in [2.45, 2.75) is 103 Å². The normalized spacial score (nSPS) is 16.8. The molecule has 2 aromatic carbocycles. The number of nitrogens with zero attached hydrogens (tertiary/aromatic N) is 2. The Balaban J connectivity index is 1.71. The molecule has 1 aliphatic rings. The minimum Gasteiger partial charge on any atom is -0.444 e. The fraction of sp³-hybridized carbons (Fsp3) is 0.571. The van der Waals surface area contributed by atoms with Gasteiger partial charge >= 0.3 is 6.09 Å². The quantitative estimate of drug-likeness (QED) is 0.217. The van der Waals surface area contributed by atoms with Gasteiger partial charge in [-0.3, -0.25) is 14.5 Å². The van der Waals surface area contributed by atoms with Gasteiger partial charge in [-0.25, -0.2) is 4.79 Å². The van der Waals surface area contributed by atoms with E-state index in [1.807, 2.05) is 59.7 Å². The predicted octanol–water partition coefficient (Wildman–Crippen LogP) is 6.24. The number of amides is 3. The molecule has 0 saturated carbocycles. The van der Waals surface area contributed by atoms with Gasteiger partial charge in [0.15, 0.2) is 0 Å². The monoisotopic (exact) mass is 676 g/mol. The van der Waals surface area contributed by atoms with Crippen molar-refractivity contribution in [3.63, 3.8) is 0 Å². The van der Waals surface area contributed by atoms with Crippen LogP contribution in [-0.4, -0.2) is 83.8 Å². The summed E-state index contributed by atoms with van der Waals surface area (Å²) < 4.78 is 11.5. The summed E-state index contributed by atoms with van der Waals surface area (Å²) in [4.78, 5) is 42.4. The second-order valence-electron chi connectivity index (χ2n) is 13.8. The van der Waals surface area contributed by atoms with E-state index in [9.17, 15) is 14.4 Å². The van der Waals surface area contributed by atoms with Crippen molar-refractivity contribution in [2.24, 2.45) is 0 Å². The first kappa shape index (κ1) is 37.6. The summed E-state index contributed by atoms with van der Waals surface area (Å²) in [6, 6.07) is 14.8. The third-order valence-electron chi connectivity index (χ3n) is 7.75. The molecule has 1 saturated heterocycles. The third-order valence-corrected chi connectivity index (χ3v) is 8.49. The first-order valence-corrected chi connectivity index (χ1v) is 16.7. The van der Waals surface area contributed by atoms with Gasteiger partial charge in [-0.2, -0.15) is 0 Å². The lowest BCUT2D eigenvalue weighted by atomic mass is 10.0. The Morgan fingerprint density at radius 1 is 1.00 bits per heavy atom. The molecule has 1 aliphatic heterocycles. The molecule has 2 N–H and O–H groups in total. The number of hydrogen-bond acceptors (Lipinski definition) is 6. The molecule has 1 unspecified atom stereocenters. The van der Waals surface area contributed by atoms with Crippen LogP contribution < -0.4 is 10.6 Å². The summed E-state index contributed by atoms with van der Waals surface area (Å²) in [6.07, 6.45) is 3.51. The van der Waals surface area contributed by atoms with Crippen LogP contribution in [0.4, 0.5) is 4.79 Å². The number of aryl methyl sites for hydroxylation is 1. The van der Waals surface area contributed by atoms with Gasteiger partial charge in [0, 0.05) is 38.3 Å². The zero-order chi connectivity index (χ0) is 33.9. The van der Waals surface area contributed by atoms with Crippen molar-refractivity contribution in [3.05, 3.63) is 69.7 Å². The number of rotatable bonds is 15. The molecule has 46 heavy (non-hydrogen) atoms. The second-order valence-corrected chi connectivity index (χ2v) is 14.7. The molecule has 1 heterocycles. The number of likely N-dealkylation sites (tertiary alicyclic amines) is 1. The first-order valence-electron chi connectivity index (χ1n) is 16.0. The second kappa shape index (κ2) is 17.3. The summed E-state index contributed by atoms with van der Waals surface area (Å²) in [5, 5.41) is 6.80. The highest BCUT2D eigenvalue weighted by molar-refractivity contribution is 6.42. The highest BCUT2D eigenvalue weighted by Gasteiger charge is 2.32. The van der Waals surface area contributed by atoms with Crippen LogP contribution >= 0.6 is 23.2 Å². The molecule has 0 radical (unpaired) electrons. The van der Waals surface area contributed by atoms with E-state index in [-0.39, 0.29) is 31.1 Å². The van der Waals surface area contributed by atoms with Gasteiger partial charge in [0.25, 0.3) is 0 Å². The number of benzene rings is 2. The maximum Gasteiger partial charge on any atom is 0.407 e. The highest BCUT2D eigenvalue weighted by atomic mass is 35.5. The van der Waals surface area contributed by atoms with Gasteiger partial charge in [0.1, 0.15) is 11.6 Å². The van der Waals surface area contributed by atoms with Crippen LogP contribution in [0.15, 0.2) is 48.5 Å². The summed E-state index contributed by atoms with van der Waals surface area (Å²) >= 11 is 12.2. The van der Waals surface area contributed by atoms with Crippen LogP contribution in [0.3, 0.4) is 0 Å². The van der Waals surface area contributed by atoms with Crippen molar-refractivity contribution in [1.82, 2.24) is 20.4 Å². The SMILES string of the molecule is CC(C)(C)OC[C@H](C(=O)NCc1ccc(Cl)c(Cl)c1)N(C=O)CCC(CCc1ccccc1)N1CC[C@@H](NC(=O)OC(C)(C)C)C1. The molecule has 9 nitrogen and oxygen atoms in total. The number of carbonyl (C=O) groups excluding carboxylic acids is 3. The molecule has 1 fully saturated rings. The topological polar surface area (TPSA) is 100 Å². The molecule has 3 atom stereocenters. The molecular formula is C35H50Cl2N4O5. The van der Waals surface area contributed by atoms with Crippen LogP contribution in [0.2, 0.25) is 10.0 Å². The number of halogens is 2. The minimum atomic E-state index is -0.825. The van der Waals surface area contributed by atoms with E-state index in [1.54, 1.807) is 18.2 Å². The molecule has 3 amide bonds. The van der Waals surface area contributed by atoms with Gasteiger partial charge in [-0.05, 0) is 90.5 Å². The summed E-state index contributed by atoms with van der Waals surface area (Å²) in [6.45, 7) is 13.4. The molecule has 3 rings (SSSR count). The van der Waals surface area contributed by atoms with E-state index in [1.165, 1.54) is 10.5 Å². The smallest absolute Gasteiger partial charge is 0.407 e. The Kier molecular flexibility index (Phi) is 14.2. The van der Waals surface area contributed by atoms with Gasteiger partial charge in [0.2, 0.25) is 12.3 Å². The number of hydrogen-bond donors (Lipinski definition) is 2. The lowest BCUT2D eigenvalue weighted by Crippen LogP contribution is -2.51. The van der Waals surface area contributed by atoms with Gasteiger partial charge in [0.05, 0.1) is 22.3 Å². The molecular weight excluding hydrogens is 627 g/mol. The van der Waals surface area contributed by atoms with Crippen LogP contribution in [0.25, 0.3) is 0 Å². The molecule has 11 heteroatoms. The zero-order valence-corrected chi connectivity index (χ0v) is 29.5. The summed E-state index contributed by atoms with van der Waals surface area (Å²) in [7, 11) is 0. The molecule has 2 aromatic rings. The fourth-order valence-corrected chi connectivity index (χ4v) is 5.71.